The molecule has 3 atom stereocenters. The number of aliphatic hydroxyl groups excluding tert-OH is 1. The van der Waals surface area contributed by atoms with E-state index in [0.717, 1.165) is 109 Å². The summed E-state index contributed by atoms with van der Waals surface area (Å²) in [6.07, 6.45) is 51.6. The van der Waals surface area contributed by atoms with Crippen molar-refractivity contribution >= 4 is 25.7 Å². The van der Waals surface area contributed by atoms with Crippen molar-refractivity contribution in [3.05, 3.63) is 72.9 Å². The van der Waals surface area contributed by atoms with Crippen LogP contribution >= 0.6 is 7.82 Å². The molecule has 0 aliphatic heterocycles. The van der Waals surface area contributed by atoms with Crippen LogP contribution in [0.25, 0.3) is 0 Å². The topological polar surface area (TPSA) is 155 Å². The average molecular weight is 949 g/mol. The summed E-state index contributed by atoms with van der Waals surface area (Å²) in [5.41, 5.74) is 0. The van der Waals surface area contributed by atoms with E-state index in [2.05, 4.69) is 93.7 Å². The summed E-state index contributed by atoms with van der Waals surface area (Å²) in [6, 6.07) is 0. The fourth-order valence-electron chi connectivity index (χ4n) is 6.68. The van der Waals surface area contributed by atoms with Crippen LogP contribution in [0.3, 0.4) is 0 Å². The van der Waals surface area contributed by atoms with Crippen molar-refractivity contribution in [3.8, 4) is 0 Å². The van der Waals surface area contributed by atoms with Gasteiger partial charge in [0.05, 0.1) is 19.8 Å². The molecule has 0 amide bonds. The largest absolute Gasteiger partial charge is 0.472 e. The van der Waals surface area contributed by atoms with E-state index in [1.165, 1.54) is 44.9 Å². The zero-order chi connectivity index (χ0) is 48.4. The summed E-state index contributed by atoms with van der Waals surface area (Å²) in [5.74, 6) is -1.53. The van der Waals surface area contributed by atoms with Crippen molar-refractivity contribution in [2.75, 3.05) is 26.4 Å². The predicted molar refractivity (Wildman–Crippen MR) is 270 cm³/mol. The third-order valence-corrected chi connectivity index (χ3v) is 11.5. The fraction of sp³-hybridized carbons (Fsp3) is 0.722. The van der Waals surface area contributed by atoms with E-state index in [0.29, 0.717) is 19.3 Å². The number of carbonyl (C=O) groups is 3. The quantitative estimate of drug-likeness (QED) is 0.0197. The molecule has 0 aromatic rings. The molecule has 0 bridgehead atoms. The van der Waals surface area contributed by atoms with Crippen LogP contribution in [0.4, 0.5) is 0 Å². The maximum Gasteiger partial charge on any atom is 0.472 e. The Hall–Kier alpha value is -3.08. The lowest BCUT2D eigenvalue weighted by molar-refractivity contribution is -0.161. The Bertz CT molecular complexity index is 1390. The van der Waals surface area contributed by atoms with Crippen LogP contribution in [0, 0.1) is 0 Å². The van der Waals surface area contributed by atoms with E-state index in [9.17, 15) is 28.9 Å². The van der Waals surface area contributed by atoms with Gasteiger partial charge in [0.15, 0.2) is 6.10 Å². The molecule has 0 aromatic heterocycles. The molecule has 0 heterocycles. The highest BCUT2D eigenvalue weighted by molar-refractivity contribution is 7.47. The van der Waals surface area contributed by atoms with Crippen LogP contribution in [0.2, 0.25) is 0 Å². The summed E-state index contributed by atoms with van der Waals surface area (Å²) in [7, 11) is -4.75. The fourth-order valence-corrected chi connectivity index (χ4v) is 7.46. The first-order valence-corrected chi connectivity index (χ1v) is 27.3. The van der Waals surface area contributed by atoms with Gasteiger partial charge in [0.25, 0.3) is 0 Å². The minimum atomic E-state index is -4.75. The first-order chi connectivity index (χ1) is 32.2. The van der Waals surface area contributed by atoms with Crippen LogP contribution in [0.5, 0.6) is 0 Å². The highest BCUT2D eigenvalue weighted by Gasteiger charge is 2.28. The van der Waals surface area contributed by atoms with Crippen molar-refractivity contribution in [2.45, 2.75) is 226 Å². The number of esters is 3. The standard InChI is InChI=1S/C54H93O11P/c1-4-7-10-13-16-19-22-24-25-27-30-33-36-39-42-45-54(58)65-51(47-61-52(56)43-40-37-34-31-28-21-18-15-12-9-6-3)49-63-66(59,60)62-48-50(46-55)64-53(57)44-41-38-35-32-29-26-23-20-17-14-11-8-5-2/h7,10-11,14,16,19-20,23-25,30,33,50-51,55H,4-6,8-9,12-13,15,17-18,21-22,26-29,31-32,34-49H2,1-3H3,(H,59,60)/b10-7-,14-11-,19-16-,23-20-,25-24-,33-30-. The number of hydrogen-bond donors (Lipinski definition) is 2. The minimum Gasteiger partial charge on any atom is -0.462 e. The summed E-state index contributed by atoms with van der Waals surface area (Å²) >= 11 is 0. The molecule has 0 spiro atoms. The Morgan fingerprint density at radius 3 is 1.30 bits per heavy atom. The first-order valence-electron chi connectivity index (χ1n) is 25.8. The van der Waals surface area contributed by atoms with E-state index in [-0.39, 0.29) is 25.9 Å². The number of unbranched alkanes of at least 4 members (excludes halogenated alkanes) is 18. The second-order valence-corrected chi connectivity index (χ2v) is 18.4. The van der Waals surface area contributed by atoms with E-state index in [1.807, 2.05) is 0 Å². The number of carbonyl (C=O) groups excluding carboxylic acids is 3. The van der Waals surface area contributed by atoms with Gasteiger partial charge in [-0.25, -0.2) is 4.57 Å². The lowest BCUT2D eigenvalue weighted by Crippen LogP contribution is -2.30. The first kappa shape index (κ1) is 62.9. The van der Waals surface area contributed by atoms with Crippen molar-refractivity contribution < 1.29 is 52.2 Å². The Morgan fingerprint density at radius 1 is 0.439 bits per heavy atom. The molecule has 3 unspecified atom stereocenters. The van der Waals surface area contributed by atoms with Crippen LogP contribution in [0.1, 0.15) is 213 Å². The van der Waals surface area contributed by atoms with Gasteiger partial charge in [0.2, 0.25) is 0 Å². The number of aliphatic hydroxyl groups is 1. The number of rotatable bonds is 47. The zero-order valence-electron chi connectivity index (χ0n) is 41.6. The van der Waals surface area contributed by atoms with Gasteiger partial charge in [0.1, 0.15) is 12.7 Å². The monoisotopic (exact) mass is 949 g/mol. The molecule has 0 saturated heterocycles. The molecule has 66 heavy (non-hydrogen) atoms. The van der Waals surface area contributed by atoms with Gasteiger partial charge in [-0.2, -0.15) is 0 Å². The SMILES string of the molecule is CC/C=C\C/C=C\C/C=C\C/C=C\CCCCC(=O)OC(COC(=O)CCCCCCCCCCCCC)COP(=O)(O)OCC(CO)OC(=O)CCCCCCC/C=C\C/C=C\CCC. The molecule has 12 heteroatoms. The van der Waals surface area contributed by atoms with Gasteiger partial charge in [-0.3, -0.25) is 23.4 Å². The Morgan fingerprint density at radius 2 is 0.818 bits per heavy atom. The second kappa shape index (κ2) is 48.4. The molecule has 0 rings (SSSR count). The molecule has 0 fully saturated rings. The molecule has 11 nitrogen and oxygen atoms in total. The Labute approximate surface area is 401 Å². The lowest BCUT2D eigenvalue weighted by atomic mass is 10.1. The highest BCUT2D eigenvalue weighted by atomic mass is 31.2. The van der Waals surface area contributed by atoms with Gasteiger partial charge in [-0.05, 0) is 83.5 Å². The van der Waals surface area contributed by atoms with Gasteiger partial charge >= 0.3 is 25.7 Å². The van der Waals surface area contributed by atoms with Crippen LogP contribution in [0.15, 0.2) is 72.9 Å². The smallest absolute Gasteiger partial charge is 0.462 e. The van der Waals surface area contributed by atoms with Crippen LogP contribution < -0.4 is 0 Å². The van der Waals surface area contributed by atoms with E-state index >= 15 is 0 Å². The molecular weight excluding hydrogens is 856 g/mol. The van der Waals surface area contributed by atoms with E-state index < -0.39 is 57.8 Å². The minimum absolute atomic E-state index is 0.114. The van der Waals surface area contributed by atoms with Gasteiger partial charge < -0.3 is 24.2 Å². The third-order valence-electron chi connectivity index (χ3n) is 10.6. The normalized spacial score (nSPS) is 14.1. The van der Waals surface area contributed by atoms with E-state index in [1.54, 1.807) is 0 Å². The molecule has 380 valence electrons. The van der Waals surface area contributed by atoms with Crippen LogP contribution in [-0.2, 0) is 42.2 Å². The van der Waals surface area contributed by atoms with Crippen molar-refractivity contribution in [1.29, 1.82) is 0 Å². The summed E-state index contributed by atoms with van der Waals surface area (Å²) in [4.78, 5) is 48.2. The Kier molecular flexibility index (Phi) is 46.1. The predicted octanol–water partition coefficient (Wildman–Crippen LogP) is 14.6. The molecule has 0 radical (unpaired) electrons. The van der Waals surface area contributed by atoms with Crippen molar-refractivity contribution in [3.63, 3.8) is 0 Å². The number of allylic oxidation sites excluding steroid dienone is 12. The summed E-state index contributed by atoms with van der Waals surface area (Å²) in [5, 5.41) is 9.76. The van der Waals surface area contributed by atoms with Gasteiger partial charge in [-0.1, -0.05) is 184 Å². The van der Waals surface area contributed by atoms with E-state index in [4.69, 9.17) is 23.3 Å². The zero-order valence-corrected chi connectivity index (χ0v) is 42.5. The maximum absolute atomic E-state index is 12.8. The number of ether oxygens (including phenoxy) is 3. The molecule has 0 aromatic carbocycles. The molecular formula is C54H93O11P. The molecule has 0 aliphatic rings. The summed E-state index contributed by atoms with van der Waals surface area (Å²) in [6.45, 7) is 4.37. The lowest BCUT2D eigenvalue weighted by Gasteiger charge is -2.21. The van der Waals surface area contributed by atoms with Crippen molar-refractivity contribution in [2.24, 2.45) is 0 Å². The third kappa shape index (κ3) is 46.0. The number of phosphoric acid groups is 1. The van der Waals surface area contributed by atoms with Crippen LogP contribution in [-0.4, -0.2) is 66.5 Å². The Balaban J connectivity index is 4.81. The second-order valence-electron chi connectivity index (χ2n) is 17.0. The number of hydrogen-bond acceptors (Lipinski definition) is 10. The molecule has 2 N–H and O–H groups in total. The average Bonchev–Trinajstić information content (AvgIpc) is 3.30. The maximum atomic E-state index is 12.8. The van der Waals surface area contributed by atoms with Gasteiger partial charge in [-0.15, -0.1) is 0 Å². The highest BCUT2D eigenvalue weighted by Crippen LogP contribution is 2.43. The number of phosphoric ester groups is 1. The summed E-state index contributed by atoms with van der Waals surface area (Å²) < 4.78 is 39.3. The van der Waals surface area contributed by atoms with Crippen molar-refractivity contribution in [1.82, 2.24) is 0 Å². The molecule has 0 saturated carbocycles. The van der Waals surface area contributed by atoms with Gasteiger partial charge in [0, 0.05) is 19.3 Å². The molecule has 0 aliphatic carbocycles.